The number of ether oxygens (including phenoxy) is 1. The summed E-state index contributed by atoms with van der Waals surface area (Å²) < 4.78 is 19.3. The van der Waals surface area contributed by atoms with E-state index in [1.807, 2.05) is 14.1 Å². The predicted molar refractivity (Wildman–Crippen MR) is 76.1 cm³/mol. The van der Waals surface area contributed by atoms with Crippen molar-refractivity contribution in [3.05, 3.63) is 35.6 Å². The molecule has 2 atom stereocenters. The van der Waals surface area contributed by atoms with Gasteiger partial charge in [0.15, 0.2) is 0 Å². The van der Waals surface area contributed by atoms with Crippen LogP contribution < -0.4 is 0 Å². The van der Waals surface area contributed by atoms with Crippen LogP contribution in [0.15, 0.2) is 24.3 Å². The smallest absolute Gasteiger partial charge is 0.129 e. The zero-order chi connectivity index (χ0) is 14.5. The van der Waals surface area contributed by atoms with Gasteiger partial charge >= 0.3 is 0 Å². The Bertz CT molecular complexity index is 428. The van der Waals surface area contributed by atoms with E-state index in [9.17, 15) is 9.50 Å². The van der Waals surface area contributed by atoms with Gasteiger partial charge in [-0.25, -0.2) is 4.39 Å². The molecule has 0 aromatic heterocycles. The summed E-state index contributed by atoms with van der Waals surface area (Å²) in [5, 5.41) is 10.2. The van der Waals surface area contributed by atoms with Gasteiger partial charge in [-0.15, -0.1) is 0 Å². The molecule has 0 saturated carbocycles. The van der Waals surface area contributed by atoms with Crippen LogP contribution >= 0.6 is 0 Å². The highest BCUT2D eigenvalue weighted by Crippen LogP contribution is 2.19. The van der Waals surface area contributed by atoms with Gasteiger partial charge in [0, 0.05) is 31.7 Å². The first kappa shape index (κ1) is 15.4. The standard InChI is InChI=1S/C15H23FN2O2/c1-17(2)9-12-10-18(7-8-20-12)11-15(19)13-5-3-4-6-14(13)16/h3-6,12,15,19H,7-11H2,1-2H3/t12-,15-/m0/s1. The number of rotatable bonds is 5. The maximum atomic E-state index is 13.6. The summed E-state index contributed by atoms with van der Waals surface area (Å²) >= 11 is 0. The molecule has 1 aromatic rings. The number of hydrogen-bond donors (Lipinski definition) is 1. The highest BCUT2D eigenvalue weighted by atomic mass is 19.1. The van der Waals surface area contributed by atoms with Crippen molar-refractivity contribution in [2.75, 3.05) is 46.9 Å². The molecule has 0 bridgehead atoms. The van der Waals surface area contributed by atoms with E-state index in [4.69, 9.17) is 4.74 Å². The van der Waals surface area contributed by atoms with Gasteiger partial charge in [-0.2, -0.15) is 0 Å². The molecular weight excluding hydrogens is 259 g/mol. The van der Waals surface area contributed by atoms with Crippen LogP contribution in [0.3, 0.4) is 0 Å². The van der Waals surface area contributed by atoms with Crippen molar-refractivity contribution < 1.29 is 14.2 Å². The number of halogens is 1. The molecule has 1 fully saturated rings. The molecule has 0 radical (unpaired) electrons. The maximum absolute atomic E-state index is 13.6. The average Bonchev–Trinajstić information content (AvgIpc) is 2.38. The van der Waals surface area contributed by atoms with Crippen LogP contribution in [0.1, 0.15) is 11.7 Å². The van der Waals surface area contributed by atoms with Gasteiger partial charge in [-0.1, -0.05) is 18.2 Å². The molecule has 1 heterocycles. The Morgan fingerprint density at radius 1 is 1.45 bits per heavy atom. The van der Waals surface area contributed by atoms with Crippen molar-refractivity contribution in [1.82, 2.24) is 9.80 Å². The third-order valence-electron chi connectivity index (χ3n) is 3.49. The normalized spacial score (nSPS) is 22.1. The summed E-state index contributed by atoms with van der Waals surface area (Å²) in [6, 6.07) is 6.40. The van der Waals surface area contributed by atoms with Crippen LogP contribution in [0.5, 0.6) is 0 Å². The quantitative estimate of drug-likeness (QED) is 0.878. The lowest BCUT2D eigenvalue weighted by Crippen LogP contribution is -2.47. The molecule has 20 heavy (non-hydrogen) atoms. The molecule has 0 spiro atoms. The topological polar surface area (TPSA) is 35.9 Å². The van der Waals surface area contributed by atoms with Gasteiger partial charge in [0.2, 0.25) is 0 Å². The molecule has 2 rings (SSSR count). The van der Waals surface area contributed by atoms with Crippen molar-refractivity contribution in [3.8, 4) is 0 Å². The van der Waals surface area contributed by atoms with Crippen LogP contribution in [0.2, 0.25) is 0 Å². The predicted octanol–water partition coefficient (Wildman–Crippen LogP) is 1.12. The van der Waals surface area contributed by atoms with E-state index in [1.54, 1.807) is 18.2 Å². The van der Waals surface area contributed by atoms with Crippen molar-refractivity contribution in [1.29, 1.82) is 0 Å². The number of nitrogens with zero attached hydrogens (tertiary/aromatic N) is 2. The summed E-state index contributed by atoms with van der Waals surface area (Å²) in [5.74, 6) is -0.349. The van der Waals surface area contributed by atoms with E-state index in [1.165, 1.54) is 6.07 Å². The van der Waals surface area contributed by atoms with Gasteiger partial charge in [0.1, 0.15) is 5.82 Å². The van der Waals surface area contributed by atoms with E-state index < -0.39 is 6.10 Å². The van der Waals surface area contributed by atoms with Gasteiger partial charge in [-0.05, 0) is 20.2 Å². The van der Waals surface area contributed by atoms with E-state index in [-0.39, 0.29) is 11.9 Å². The Morgan fingerprint density at radius 2 is 2.20 bits per heavy atom. The van der Waals surface area contributed by atoms with Crippen LogP contribution in [-0.4, -0.2) is 67.9 Å². The summed E-state index contributed by atoms with van der Waals surface area (Å²) in [7, 11) is 4.02. The van der Waals surface area contributed by atoms with Crippen LogP contribution in [0, 0.1) is 5.82 Å². The molecule has 0 unspecified atom stereocenters. The van der Waals surface area contributed by atoms with Crippen molar-refractivity contribution >= 4 is 0 Å². The second-order valence-electron chi connectivity index (χ2n) is 5.55. The minimum atomic E-state index is -0.797. The van der Waals surface area contributed by atoms with Crippen molar-refractivity contribution in [2.45, 2.75) is 12.2 Å². The summed E-state index contributed by atoms with van der Waals surface area (Å²) in [6.07, 6.45) is -0.652. The molecule has 0 amide bonds. The molecule has 1 saturated heterocycles. The largest absolute Gasteiger partial charge is 0.387 e. The molecule has 112 valence electrons. The average molecular weight is 282 g/mol. The Balaban J connectivity index is 1.91. The fraction of sp³-hybridized carbons (Fsp3) is 0.600. The maximum Gasteiger partial charge on any atom is 0.129 e. The molecule has 1 aliphatic heterocycles. The van der Waals surface area contributed by atoms with Gasteiger partial charge in [0.05, 0.1) is 18.8 Å². The molecule has 1 aliphatic rings. The molecular formula is C15H23FN2O2. The van der Waals surface area contributed by atoms with Crippen molar-refractivity contribution in [3.63, 3.8) is 0 Å². The fourth-order valence-corrected chi connectivity index (χ4v) is 2.55. The SMILES string of the molecule is CN(C)C[C@H]1CN(C[C@H](O)c2ccccc2F)CCO1. The minimum absolute atomic E-state index is 0.145. The highest BCUT2D eigenvalue weighted by molar-refractivity contribution is 5.20. The zero-order valence-electron chi connectivity index (χ0n) is 12.1. The van der Waals surface area contributed by atoms with Gasteiger partial charge in [0.25, 0.3) is 0 Å². The number of morpholine rings is 1. The van der Waals surface area contributed by atoms with Crippen LogP contribution in [-0.2, 0) is 4.74 Å². The number of hydrogen-bond acceptors (Lipinski definition) is 4. The second-order valence-corrected chi connectivity index (χ2v) is 5.55. The van der Waals surface area contributed by atoms with Crippen LogP contribution in [0.4, 0.5) is 4.39 Å². The van der Waals surface area contributed by atoms with Crippen molar-refractivity contribution in [2.24, 2.45) is 0 Å². The lowest BCUT2D eigenvalue weighted by molar-refractivity contribution is -0.0491. The number of aliphatic hydroxyl groups is 1. The number of likely N-dealkylation sites (N-methyl/N-ethyl adjacent to an activating group) is 1. The molecule has 4 nitrogen and oxygen atoms in total. The third kappa shape index (κ3) is 4.24. The van der Waals surface area contributed by atoms with Gasteiger partial charge < -0.3 is 14.7 Å². The molecule has 0 aliphatic carbocycles. The summed E-state index contributed by atoms with van der Waals surface area (Å²) in [5.41, 5.74) is 0.364. The lowest BCUT2D eigenvalue weighted by Gasteiger charge is -2.35. The Kier molecular flexibility index (Phi) is 5.48. The second kappa shape index (κ2) is 7.13. The molecule has 1 N–H and O–H groups in total. The number of β-amino-alcohol motifs (C(OH)–C–C–N with tert-alkyl or cyclic N) is 1. The van der Waals surface area contributed by atoms with E-state index >= 15 is 0 Å². The first-order valence-corrected chi connectivity index (χ1v) is 6.97. The fourth-order valence-electron chi connectivity index (χ4n) is 2.55. The van der Waals surface area contributed by atoms with E-state index in [0.29, 0.717) is 18.7 Å². The Labute approximate surface area is 119 Å². The number of aliphatic hydroxyl groups excluding tert-OH is 1. The lowest BCUT2D eigenvalue weighted by atomic mass is 10.1. The van der Waals surface area contributed by atoms with Crippen LogP contribution in [0.25, 0.3) is 0 Å². The Morgan fingerprint density at radius 3 is 2.90 bits per heavy atom. The first-order valence-electron chi connectivity index (χ1n) is 6.97. The van der Waals surface area contributed by atoms with Gasteiger partial charge in [-0.3, -0.25) is 4.90 Å². The zero-order valence-corrected chi connectivity index (χ0v) is 12.1. The first-order chi connectivity index (χ1) is 9.56. The minimum Gasteiger partial charge on any atom is -0.387 e. The summed E-state index contributed by atoms with van der Waals surface area (Å²) in [6.45, 7) is 3.49. The third-order valence-corrected chi connectivity index (χ3v) is 3.49. The van der Waals surface area contributed by atoms with E-state index in [2.05, 4.69) is 9.80 Å². The Hall–Kier alpha value is -1.01. The monoisotopic (exact) mass is 282 g/mol. The molecule has 5 heteroatoms. The number of benzene rings is 1. The highest BCUT2D eigenvalue weighted by Gasteiger charge is 2.24. The summed E-state index contributed by atoms with van der Waals surface area (Å²) in [4.78, 5) is 4.22. The van der Waals surface area contributed by atoms with E-state index in [0.717, 1.165) is 19.6 Å². The molecule has 1 aromatic carbocycles.